The summed E-state index contributed by atoms with van der Waals surface area (Å²) in [6.45, 7) is 1.81. The van der Waals surface area contributed by atoms with E-state index in [0.29, 0.717) is 11.7 Å². The summed E-state index contributed by atoms with van der Waals surface area (Å²) in [6, 6.07) is 8.11. The largest absolute Gasteiger partial charge is 0.355 e. The average Bonchev–Trinajstić information content (AvgIpc) is 3.28. The number of hydrogen-bond acceptors (Lipinski definition) is 7. The van der Waals surface area contributed by atoms with Gasteiger partial charge in [-0.15, -0.1) is 11.3 Å². The highest BCUT2D eigenvalue weighted by Gasteiger charge is 2.20. The Bertz CT molecular complexity index is 753. The SMILES string of the molecule is NC1CCN(c2ccc(-c3nc(-c4cccs4)no3)cn2)C1. The molecule has 0 aliphatic carbocycles. The zero-order valence-electron chi connectivity index (χ0n) is 11.8. The molecule has 0 saturated carbocycles. The molecule has 0 aromatic carbocycles. The van der Waals surface area contributed by atoms with Gasteiger partial charge in [0.2, 0.25) is 5.82 Å². The Kier molecular flexibility index (Phi) is 3.36. The lowest BCUT2D eigenvalue weighted by Crippen LogP contribution is -2.26. The van der Waals surface area contributed by atoms with Crippen molar-refractivity contribution in [1.82, 2.24) is 15.1 Å². The molecule has 22 heavy (non-hydrogen) atoms. The van der Waals surface area contributed by atoms with Crippen LogP contribution in [0.2, 0.25) is 0 Å². The van der Waals surface area contributed by atoms with Gasteiger partial charge < -0.3 is 15.2 Å². The van der Waals surface area contributed by atoms with Crippen molar-refractivity contribution in [3.05, 3.63) is 35.8 Å². The van der Waals surface area contributed by atoms with Crippen molar-refractivity contribution in [2.75, 3.05) is 18.0 Å². The van der Waals surface area contributed by atoms with Crippen molar-refractivity contribution in [2.45, 2.75) is 12.5 Å². The molecule has 7 heteroatoms. The molecule has 1 unspecified atom stereocenters. The van der Waals surface area contributed by atoms with Gasteiger partial charge in [-0.3, -0.25) is 0 Å². The first kappa shape index (κ1) is 13.4. The fourth-order valence-electron chi connectivity index (χ4n) is 2.54. The van der Waals surface area contributed by atoms with E-state index in [9.17, 15) is 0 Å². The number of pyridine rings is 1. The summed E-state index contributed by atoms with van der Waals surface area (Å²) >= 11 is 1.58. The molecule has 4 rings (SSSR count). The minimum absolute atomic E-state index is 0.241. The molecule has 3 aromatic heterocycles. The maximum Gasteiger partial charge on any atom is 0.259 e. The molecule has 1 fully saturated rings. The fraction of sp³-hybridized carbons (Fsp3) is 0.267. The van der Waals surface area contributed by atoms with E-state index < -0.39 is 0 Å². The van der Waals surface area contributed by atoms with Crippen LogP contribution in [0.1, 0.15) is 6.42 Å². The molecule has 0 amide bonds. The van der Waals surface area contributed by atoms with E-state index >= 15 is 0 Å². The second-order valence-corrected chi connectivity index (χ2v) is 6.25. The fourth-order valence-corrected chi connectivity index (χ4v) is 3.19. The lowest BCUT2D eigenvalue weighted by Gasteiger charge is -2.16. The van der Waals surface area contributed by atoms with Crippen molar-refractivity contribution in [2.24, 2.45) is 5.73 Å². The second kappa shape index (κ2) is 5.51. The molecule has 1 aliphatic rings. The molecule has 1 aliphatic heterocycles. The molecule has 0 radical (unpaired) electrons. The number of hydrogen-bond donors (Lipinski definition) is 1. The number of thiophene rings is 1. The first-order valence-corrected chi connectivity index (χ1v) is 8.02. The maximum atomic E-state index is 5.93. The standard InChI is InChI=1S/C15H15N5OS/c16-11-5-6-20(9-11)13-4-3-10(8-17-13)15-18-14(19-21-15)12-2-1-7-22-12/h1-4,7-8,11H,5-6,9,16H2. The minimum Gasteiger partial charge on any atom is -0.355 e. The van der Waals surface area contributed by atoms with Crippen molar-refractivity contribution < 1.29 is 4.52 Å². The van der Waals surface area contributed by atoms with Crippen molar-refractivity contribution >= 4 is 17.2 Å². The Labute approximate surface area is 131 Å². The first-order valence-electron chi connectivity index (χ1n) is 7.14. The van der Waals surface area contributed by atoms with E-state index in [2.05, 4.69) is 20.0 Å². The number of nitrogens with two attached hydrogens (primary N) is 1. The van der Waals surface area contributed by atoms with Crippen LogP contribution < -0.4 is 10.6 Å². The highest BCUT2D eigenvalue weighted by Crippen LogP contribution is 2.26. The smallest absolute Gasteiger partial charge is 0.259 e. The highest BCUT2D eigenvalue weighted by molar-refractivity contribution is 7.13. The predicted octanol–water partition coefficient (Wildman–Crippen LogP) is 2.40. The van der Waals surface area contributed by atoms with E-state index in [1.54, 1.807) is 17.5 Å². The Morgan fingerprint density at radius 2 is 2.27 bits per heavy atom. The van der Waals surface area contributed by atoms with Crippen LogP contribution in [0.25, 0.3) is 22.2 Å². The molecular formula is C15H15N5OS. The molecule has 0 bridgehead atoms. The Balaban J connectivity index is 1.56. The van der Waals surface area contributed by atoms with Crippen LogP contribution in [0, 0.1) is 0 Å². The van der Waals surface area contributed by atoms with Gasteiger partial charge in [0.15, 0.2) is 0 Å². The lowest BCUT2D eigenvalue weighted by atomic mass is 10.3. The lowest BCUT2D eigenvalue weighted by molar-refractivity contribution is 0.432. The summed E-state index contributed by atoms with van der Waals surface area (Å²) in [5.74, 6) is 2.04. The summed E-state index contributed by atoms with van der Waals surface area (Å²) in [5.41, 5.74) is 6.75. The maximum absolute atomic E-state index is 5.93. The van der Waals surface area contributed by atoms with Gasteiger partial charge in [-0.25, -0.2) is 4.98 Å². The Morgan fingerprint density at radius 1 is 1.32 bits per heavy atom. The molecular weight excluding hydrogens is 298 g/mol. The summed E-state index contributed by atoms with van der Waals surface area (Å²) in [6.07, 6.45) is 2.78. The average molecular weight is 313 g/mol. The molecule has 4 heterocycles. The van der Waals surface area contributed by atoms with E-state index in [1.807, 2.05) is 29.6 Å². The molecule has 2 N–H and O–H groups in total. The Morgan fingerprint density at radius 3 is 2.95 bits per heavy atom. The van der Waals surface area contributed by atoms with Gasteiger partial charge in [-0.1, -0.05) is 11.2 Å². The van der Waals surface area contributed by atoms with Gasteiger partial charge >= 0.3 is 0 Å². The second-order valence-electron chi connectivity index (χ2n) is 5.30. The molecule has 3 aromatic rings. The molecule has 6 nitrogen and oxygen atoms in total. The molecule has 1 atom stereocenters. The monoisotopic (exact) mass is 313 g/mol. The first-order chi connectivity index (χ1) is 10.8. The molecule has 1 saturated heterocycles. The van der Waals surface area contributed by atoms with Gasteiger partial charge in [-0.2, -0.15) is 4.98 Å². The van der Waals surface area contributed by atoms with Gasteiger partial charge in [0.1, 0.15) is 5.82 Å². The van der Waals surface area contributed by atoms with Crippen LogP contribution in [0.5, 0.6) is 0 Å². The van der Waals surface area contributed by atoms with E-state index in [4.69, 9.17) is 10.3 Å². The molecule has 112 valence electrons. The van der Waals surface area contributed by atoms with E-state index in [1.165, 1.54) is 0 Å². The third kappa shape index (κ3) is 2.49. The number of aromatic nitrogens is 3. The van der Waals surface area contributed by atoms with Gasteiger partial charge in [0.05, 0.1) is 10.4 Å². The van der Waals surface area contributed by atoms with E-state index in [0.717, 1.165) is 35.8 Å². The van der Waals surface area contributed by atoms with Crippen molar-refractivity contribution in [3.8, 4) is 22.2 Å². The number of nitrogens with zero attached hydrogens (tertiary/aromatic N) is 4. The van der Waals surface area contributed by atoms with Crippen LogP contribution in [0.3, 0.4) is 0 Å². The van der Waals surface area contributed by atoms with Crippen LogP contribution in [-0.2, 0) is 0 Å². The number of anilines is 1. The summed E-state index contributed by atoms with van der Waals surface area (Å²) in [4.78, 5) is 12.1. The molecule has 0 spiro atoms. The van der Waals surface area contributed by atoms with Gasteiger partial charge in [0, 0.05) is 25.3 Å². The quantitative estimate of drug-likeness (QED) is 0.799. The summed E-state index contributed by atoms with van der Waals surface area (Å²) in [5, 5.41) is 6.00. The van der Waals surface area contributed by atoms with Gasteiger partial charge in [-0.05, 0) is 30.0 Å². The highest BCUT2D eigenvalue weighted by atomic mass is 32.1. The minimum atomic E-state index is 0.241. The predicted molar refractivity (Wildman–Crippen MR) is 85.6 cm³/mol. The third-order valence-electron chi connectivity index (χ3n) is 3.71. The van der Waals surface area contributed by atoms with Crippen molar-refractivity contribution in [3.63, 3.8) is 0 Å². The van der Waals surface area contributed by atoms with Crippen LogP contribution in [0.4, 0.5) is 5.82 Å². The third-order valence-corrected chi connectivity index (χ3v) is 4.58. The topological polar surface area (TPSA) is 81.1 Å². The van der Waals surface area contributed by atoms with Crippen LogP contribution in [0.15, 0.2) is 40.4 Å². The van der Waals surface area contributed by atoms with Crippen LogP contribution in [-0.4, -0.2) is 34.3 Å². The zero-order valence-corrected chi connectivity index (χ0v) is 12.7. The van der Waals surface area contributed by atoms with Crippen LogP contribution >= 0.6 is 11.3 Å². The summed E-state index contributed by atoms with van der Waals surface area (Å²) in [7, 11) is 0. The van der Waals surface area contributed by atoms with E-state index in [-0.39, 0.29) is 6.04 Å². The Hall–Kier alpha value is -2.25. The van der Waals surface area contributed by atoms with Gasteiger partial charge in [0.25, 0.3) is 5.89 Å². The summed E-state index contributed by atoms with van der Waals surface area (Å²) < 4.78 is 5.33. The normalized spacial score (nSPS) is 18.0. The van der Waals surface area contributed by atoms with Crippen molar-refractivity contribution in [1.29, 1.82) is 0 Å². The number of rotatable bonds is 3. The zero-order chi connectivity index (χ0) is 14.9.